The Morgan fingerprint density at radius 2 is 2.29 bits per heavy atom. The van der Waals surface area contributed by atoms with Gasteiger partial charge in [0.1, 0.15) is 11.6 Å². The summed E-state index contributed by atoms with van der Waals surface area (Å²) in [6.07, 6.45) is 0. The van der Waals surface area contributed by atoms with Crippen molar-refractivity contribution < 1.29 is 4.74 Å². The second-order valence-corrected chi connectivity index (χ2v) is 4.73. The molecule has 0 aliphatic rings. The summed E-state index contributed by atoms with van der Waals surface area (Å²) in [6.45, 7) is 1.84. The van der Waals surface area contributed by atoms with E-state index >= 15 is 0 Å². The van der Waals surface area contributed by atoms with Crippen LogP contribution in [0.25, 0.3) is 10.9 Å². The molecule has 86 valence electrons. The fraction of sp³-hybridized carbons (Fsp3) is 0.167. The number of fused-ring (bicyclic) bond motifs is 1. The quantitative estimate of drug-likeness (QED) is 0.846. The van der Waals surface area contributed by atoms with Crippen LogP contribution in [0.1, 0.15) is 5.69 Å². The summed E-state index contributed by atoms with van der Waals surface area (Å²) in [7, 11) is 0. The van der Waals surface area contributed by atoms with Crippen LogP contribution in [0.2, 0.25) is 5.02 Å². The van der Waals surface area contributed by atoms with Gasteiger partial charge in [0.15, 0.2) is 12.4 Å². The van der Waals surface area contributed by atoms with E-state index < -0.39 is 0 Å². The van der Waals surface area contributed by atoms with Gasteiger partial charge in [0.05, 0.1) is 5.02 Å². The summed E-state index contributed by atoms with van der Waals surface area (Å²) in [6, 6.07) is 7.51. The van der Waals surface area contributed by atoms with Crippen molar-refractivity contribution in [3.8, 4) is 11.8 Å². The Kier molecular flexibility index (Phi) is 3.51. The first-order valence-electron chi connectivity index (χ1n) is 4.88. The Hall–Kier alpha value is -1.31. The maximum absolute atomic E-state index is 8.55. The minimum atomic E-state index is -0.0495. The van der Waals surface area contributed by atoms with Gasteiger partial charge in [-0.1, -0.05) is 27.5 Å². The van der Waals surface area contributed by atoms with E-state index in [1.54, 1.807) is 6.07 Å². The molecule has 0 fully saturated rings. The van der Waals surface area contributed by atoms with Gasteiger partial charge in [-0.25, -0.2) is 4.98 Å². The number of nitrogens with zero attached hydrogens (tertiary/aromatic N) is 2. The Labute approximate surface area is 112 Å². The van der Waals surface area contributed by atoms with Crippen LogP contribution in [0, 0.1) is 18.3 Å². The first-order chi connectivity index (χ1) is 8.13. The molecule has 0 saturated heterocycles. The van der Waals surface area contributed by atoms with E-state index in [0.29, 0.717) is 16.3 Å². The Morgan fingerprint density at radius 3 is 3.00 bits per heavy atom. The second-order valence-electron chi connectivity index (χ2n) is 3.46. The van der Waals surface area contributed by atoms with Crippen molar-refractivity contribution in [1.29, 1.82) is 5.26 Å². The average molecular weight is 312 g/mol. The minimum Gasteiger partial charge on any atom is -0.475 e. The van der Waals surface area contributed by atoms with Crippen molar-refractivity contribution in [3.05, 3.63) is 33.4 Å². The molecule has 2 aromatic rings. The Morgan fingerprint density at radius 1 is 1.53 bits per heavy atom. The van der Waals surface area contributed by atoms with Crippen LogP contribution in [-0.2, 0) is 0 Å². The number of ether oxygens (including phenoxy) is 1. The van der Waals surface area contributed by atoms with Crippen molar-refractivity contribution in [2.24, 2.45) is 0 Å². The van der Waals surface area contributed by atoms with Crippen LogP contribution in [-0.4, -0.2) is 11.6 Å². The highest BCUT2D eigenvalue weighted by Crippen LogP contribution is 2.37. The largest absolute Gasteiger partial charge is 0.475 e. The lowest BCUT2D eigenvalue weighted by Gasteiger charge is -2.10. The summed E-state index contributed by atoms with van der Waals surface area (Å²) >= 11 is 9.52. The molecule has 0 aliphatic carbocycles. The molecule has 5 heteroatoms. The van der Waals surface area contributed by atoms with Crippen LogP contribution in [0.4, 0.5) is 0 Å². The molecule has 0 saturated carbocycles. The van der Waals surface area contributed by atoms with Crippen LogP contribution < -0.4 is 4.74 Å². The molecule has 0 bridgehead atoms. The van der Waals surface area contributed by atoms with Gasteiger partial charge in [-0.3, -0.25) is 0 Å². The minimum absolute atomic E-state index is 0.0495. The molecule has 1 aromatic carbocycles. The first-order valence-corrected chi connectivity index (χ1v) is 6.05. The molecule has 1 heterocycles. The van der Waals surface area contributed by atoms with E-state index in [2.05, 4.69) is 20.9 Å². The fourth-order valence-corrected chi connectivity index (χ4v) is 2.47. The zero-order valence-electron chi connectivity index (χ0n) is 9.00. The lowest BCUT2D eigenvalue weighted by Crippen LogP contribution is -1.97. The molecule has 3 nitrogen and oxygen atoms in total. The van der Waals surface area contributed by atoms with Crippen LogP contribution in [0.5, 0.6) is 5.75 Å². The molecular weight excluding hydrogens is 304 g/mol. The van der Waals surface area contributed by atoms with E-state index in [1.165, 1.54) is 0 Å². The summed E-state index contributed by atoms with van der Waals surface area (Å²) in [4.78, 5) is 4.40. The predicted octanol–water partition coefficient (Wildman–Crippen LogP) is 3.86. The van der Waals surface area contributed by atoms with E-state index in [0.717, 1.165) is 15.6 Å². The van der Waals surface area contributed by atoms with E-state index in [1.807, 2.05) is 25.1 Å². The highest BCUT2D eigenvalue weighted by Gasteiger charge is 2.12. The highest BCUT2D eigenvalue weighted by molar-refractivity contribution is 9.10. The third-order valence-electron chi connectivity index (χ3n) is 2.26. The first kappa shape index (κ1) is 12.2. The third kappa shape index (κ3) is 2.36. The molecule has 2 rings (SSSR count). The number of aromatic nitrogens is 1. The number of hydrogen-bond acceptors (Lipinski definition) is 3. The molecule has 0 unspecified atom stereocenters. The topological polar surface area (TPSA) is 45.9 Å². The van der Waals surface area contributed by atoms with Crippen LogP contribution >= 0.6 is 27.5 Å². The van der Waals surface area contributed by atoms with Gasteiger partial charge in [0, 0.05) is 15.6 Å². The maximum Gasteiger partial charge on any atom is 0.174 e. The third-order valence-corrected chi connectivity index (χ3v) is 3.20. The van der Waals surface area contributed by atoms with Gasteiger partial charge in [0.2, 0.25) is 0 Å². The van der Waals surface area contributed by atoms with Gasteiger partial charge in [-0.05, 0) is 25.1 Å². The number of pyridine rings is 1. The van der Waals surface area contributed by atoms with Crippen molar-refractivity contribution in [3.63, 3.8) is 0 Å². The van der Waals surface area contributed by atoms with Crippen molar-refractivity contribution in [2.75, 3.05) is 6.61 Å². The average Bonchev–Trinajstić information content (AvgIpc) is 2.28. The van der Waals surface area contributed by atoms with E-state index in [4.69, 9.17) is 21.6 Å². The standard InChI is InChI=1S/C12H8BrClN2O/c1-7-2-3-8-9(13)6-10(14)12(11(8)16-7)17-5-4-15/h2-3,6H,5H2,1H3. The number of rotatable bonds is 2. The molecule has 1 aromatic heterocycles. The Balaban J connectivity index is 2.72. The van der Waals surface area contributed by atoms with Crippen LogP contribution in [0.3, 0.4) is 0 Å². The molecule has 17 heavy (non-hydrogen) atoms. The van der Waals surface area contributed by atoms with Gasteiger partial charge in [-0.2, -0.15) is 5.26 Å². The van der Waals surface area contributed by atoms with E-state index in [9.17, 15) is 0 Å². The van der Waals surface area contributed by atoms with E-state index in [-0.39, 0.29) is 6.61 Å². The Bertz CT molecular complexity index is 622. The fourth-order valence-electron chi connectivity index (χ4n) is 1.53. The molecule has 0 radical (unpaired) electrons. The number of benzene rings is 1. The normalized spacial score (nSPS) is 10.2. The number of halogens is 2. The number of hydrogen-bond donors (Lipinski definition) is 0. The lowest BCUT2D eigenvalue weighted by atomic mass is 10.2. The van der Waals surface area contributed by atoms with Crippen molar-refractivity contribution >= 4 is 38.4 Å². The summed E-state index contributed by atoms with van der Waals surface area (Å²) < 4.78 is 6.19. The zero-order valence-corrected chi connectivity index (χ0v) is 11.3. The van der Waals surface area contributed by atoms with Crippen molar-refractivity contribution in [1.82, 2.24) is 4.98 Å². The lowest BCUT2D eigenvalue weighted by molar-refractivity contribution is 0.372. The SMILES string of the molecule is Cc1ccc2c(Br)cc(Cl)c(OCC#N)c2n1. The molecule has 0 spiro atoms. The monoisotopic (exact) mass is 310 g/mol. The number of aryl methyl sites for hydroxylation is 1. The maximum atomic E-state index is 8.55. The zero-order chi connectivity index (χ0) is 12.4. The second kappa shape index (κ2) is 4.91. The summed E-state index contributed by atoms with van der Waals surface area (Å²) in [5.41, 5.74) is 1.54. The molecule has 0 atom stereocenters. The van der Waals surface area contributed by atoms with Gasteiger partial charge < -0.3 is 4.74 Å². The predicted molar refractivity (Wildman–Crippen MR) is 70.3 cm³/mol. The number of nitriles is 1. The van der Waals surface area contributed by atoms with Gasteiger partial charge in [-0.15, -0.1) is 0 Å². The molecule has 0 N–H and O–H groups in total. The molecule has 0 amide bonds. The van der Waals surface area contributed by atoms with Gasteiger partial charge >= 0.3 is 0 Å². The highest BCUT2D eigenvalue weighted by atomic mass is 79.9. The summed E-state index contributed by atoms with van der Waals surface area (Å²) in [5.74, 6) is 0.454. The van der Waals surface area contributed by atoms with Crippen molar-refractivity contribution in [2.45, 2.75) is 6.92 Å². The summed E-state index contributed by atoms with van der Waals surface area (Å²) in [5, 5.41) is 9.90. The molecular formula is C12H8BrClN2O. The molecule has 0 aliphatic heterocycles. The van der Waals surface area contributed by atoms with Crippen LogP contribution in [0.15, 0.2) is 22.7 Å². The smallest absolute Gasteiger partial charge is 0.174 e. The van der Waals surface area contributed by atoms with Gasteiger partial charge in [0.25, 0.3) is 0 Å².